The Morgan fingerprint density at radius 3 is 2.00 bits per heavy atom. The molecule has 4 nitrogen and oxygen atoms in total. The Labute approximate surface area is 131 Å². The van der Waals surface area contributed by atoms with E-state index in [9.17, 15) is 9.59 Å². The topological polar surface area (TPSA) is 44.0 Å². The molecule has 118 valence electrons. The molecule has 22 heavy (non-hydrogen) atoms. The van der Waals surface area contributed by atoms with Crippen molar-refractivity contribution in [3.05, 3.63) is 68.5 Å². The van der Waals surface area contributed by atoms with E-state index in [0.717, 1.165) is 11.1 Å². The van der Waals surface area contributed by atoms with E-state index in [0.29, 0.717) is 0 Å². The first-order valence-corrected chi connectivity index (χ1v) is 7.44. The predicted molar refractivity (Wildman–Crippen MR) is 89.5 cm³/mol. The standard InChI is InChI=1S/C18H24N2O2/c1-17(2,3)13-9-10-20(16(22)11-13)18(4,5)14-7-8-15(21)19(6)12-14/h7-12H,1-6H3. The Morgan fingerprint density at radius 2 is 1.50 bits per heavy atom. The van der Waals surface area contributed by atoms with Gasteiger partial charge in [-0.3, -0.25) is 9.59 Å². The molecule has 2 aromatic heterocycles. The molecule has 2 rings (SSSR count). The molecule has 0 atom stereocenters. The van der Waals surface area contributed by atoms with Crippen molar-refractivity contribution in [2.24, 2.45) is 7.05 Å². The van der Waals surface area contributed by atoms with E-state index in [1.807, 2.05) is 26.1 Å². The van der Waals surface area contributed by atoms with Gasteiger partial charge in [-0.05, 0) is 42.5 Å². The largest absolute Gasteiger partial charge is 0.318 e. The van der Waals surface area contributed by atoms with Crippen molar-refractivity contribution in [3.8, 4) is 0 Å². The van der Waals surface area contributed by atoms with E-state index in [1.165, 1.54) is 10.6 Å². The highest BCUT2D eigenvalue weighted by atomic mass is 16.1. The summed E-state index contributed by atoms with van der Waals surface area (Å²) in [6, 6.07) is 7.01. The van der Waals surface area contributed by atoms with Crippen LogP contribution in [0.4, 0.5) is 0 Å². The summed E-state index contributed by atoms with van der Waals surface area (Å²) in [5.74, 6) is 0. The second-order valence-corrected chi connectivity index (χ2v) is 7.30. The summed E-state index contributed by atoms with van der Waals surface area (Å²) >= 11 is 0. The SMILES string of the molecule is Cn1cc(C(C)(C)n2ccc(C(C)(C)C)cc2=O)ccc1=O. The minimum absolute atomic E-state index is 0.0359. The molecule has 0 radical (unpaired) electrons. The van der Waals surface area contributed by atoms with Crippen LogP contribution in [0.25, 0.3) is 0 Å². The molecular weight excluding hydrogens is 276 g/mol. The molecule has 0 aliphatic carbocycles. The molecule has 0 aromatic carbocycles. The summed E-state index contributed by atoms with van der Waals surface area (Å²) in [7, 11) is 1.72. The molecule has 0 N–H and O–H groups in total. The van der Waals surface area contributed by atoms with Crippen LogP contribution in [0.2, 0.25) is 0 Å². The summed E-state index contributed by atoms with van der Waals surface area (Å²) in [4.78, 5) is 24.1. The molecule has 0 fully saturated rings. The van der Waals surface area contributed by atoms with Gasteiger partial charge in [0.05, 0.1) is 5.54 Å². The molecule has 4 heteroatoms. The normalized spacial score (nSPS) is 12.5. The second kappa shape index (κ2) is 5.27. The van der Waals surface area contributed by atoms with Crippen LogP contribution in [0.5, 0.6) is 0 Å². The molecular formula is C18H24N2O2. The zero-order chi connectivity index (χ0) is 16.7. The lowest BCUT2D eigenvalue weighted by Gasteiger charge is -2.29. The average Bonchev–Trinajstić information content (AvgIpc) is 2.40. The van der Waals surface area contributed by atoms with E-state index in [-0.39, 0.29) is 16.5 Å². The number of aromatic nitrogens is 2. The van der Waals surface area contributed by atoms with Crippen LogP contribution in [0.1, 0.15) is 45.7 Å². The van der Waals surface area contributed by atoms with Gasteiger partial charge in [-0.2, -0.15) is 0 Å². The van der Waals surface area contributed by atoms with Crippen molar-refractivity contribution in [1.29, 1.82) is 0 Å². The van der Waals surface area contributed by atoms with Gasteiger partial charge in [-0.25, -0.2) is 0 Å². The van der Waals surface area contributed by atoms with Gasteiger partial charge in [0.25, 0.3) is 5.56 Å². The molecule has 0 unspecified atom stereocenters. The highest BCUT2D eigenvalue weighted by Crippen LogP contribution is 2.25. The van der Waals surface area contributed by atoms with Crippen LogP contribution < -0.4 is 11.1 Å². The van der Waals surface area contributed by atoms with Gasteiger partial charge >= 0.3 is 0 Å². The van der Waals surface area contributed by atoms with Crippen molar-refractivity contribution >= 4 is 0 Å². The summed E-state index contributed by atoms with van der Waals surface area (Å²) in [5, 5.41) is 0. The number of pyridine rings is 2. The predicted octanol–water partition coefficient (Wildman–Crippen LogP) is 2.63. The third-order valence-electron chi connectivity index (χ3n) is 4.18. The summed E-state index contributed by atoms with van der Waals surface area (Å²) in [6.45, 7) is 10.2. The molecule has 2 aromatic rings. The van der Waals surface area contributed by atoms with Crippen molar-refractivity contribution in [3.63, 3.8) is 0 Å². The van der Waals surface area contributed by atoms with Gasteiger partial charge in [0, 0.05) is 31.6 Å². The highest BCUT2D eigenvalue weighted by Gasteiger charge is 2.25. The van der Waals surface area contributed by atoms with Crippen LogP contribution in [0.15, 0.2) is 46.2 Å². The zero-order valence-corrected chi connectivity index (χ0v) is 14.2. The van der Waals surface area contributed by atoms with Crippen LogP contribution >= 0.6 is 0 Å². The van der Waals surface area contributed by atoms with Crippen LogP contribution in [-0.2, 0) is 18.0 Å². The fourth-order valence-electron chi connectivity index (χ4n) is 2.50. The van der Waals surface area contributed by atoms with Crippen LogP contribution in [0, 0.1) is 0 Å². The van der Waals surface area contributed by atoms with Crippen molar-refractivity contribution < 1.29 is 0 Å². The number of hydrogen-bond donors (Lipinski definition) is 0. The Morgan fingerprint density at radius 1 is 0.864 bits per heavy atom. The molecule has 0 aliphatic rings. The Balaban J connectivity index is 2.56. The van der Waals surface area contributed by atoms with E-state index in [2.05, 4.69) is 20.8 Å². The lowest BCUT2D eigenvalue weighted by molar-refractivity contribution is 0.416. The van der Waals surface area contributed by atoms with Crippen molar-refractivity contribution in [1.82, 2.24) is 9.13 Å². The third kappa shape index (κ3) is 2.91. The minimum atomic E-state index is -0.529. The lowest BCUT2D eigenvalue weighted by atomic mass is 9.87. The van der Waals surface area contributed by atoms with Crippen LogP contribution in [-0.4, -0.2) is 9.13 Å². The Kier molecular flexibility index (Phi) is 3.90. The molecule has 0 saturated heterocycles. The highest BCUT2D eigenvalue weighted by molar-refractivity contribution is 5.25. The summed E-state index contributed by atoms with van der Waals surface area (Å²) in [5.41, 5.74) is 1.25. The summed E-state index contributed by atoms with van der Waals surface area (Å²) in [6.07, 6.45) is 3.63. The van der Waals surface area contributed by atoms with Crippen LogP contribution in [0.3, 0.4) is 0 Å². The fraction of sp³-hybridized carbons (Fsp3) is 0.444. The minimum Gasteiger partial charge on any atom is -0.318 e. The maximum Gasteiger partial charge on any atom is 0.251 e. The molecule has 0 bridgehead atoms. The molecule has 2 heterocycles. The lowest BCUT2D eigenvalue weighted by Crippen LogP contribution is -2.38. The Bertz CT molecular complexity index is 805. The first kappa shape index (κ1) is 16.3. The first-order valence-electron chi connectivity index (χ1n) is 7.44. The fourth-order valence-corrected chi connectivity index (χ4v) is 2.50. The number of hydrogen-bond acceptors (Lipinski definition) is 2. The maximum atomic E-state index is 12.6. The van der Waals surface area contributed by atoms with Gasteiger partial charge in [0.2, 0.25) is 5.56 Å². The number of rotatable bonds is 2. The molecule has 0 saturated carbocycles. The van der Waals surface area contributed by atoms with E-state index in [4.69, 9.17) is 0 Å². The van der Waals surface area contributed by atoms with Gasteiger partial charge in [-0.1, -0.05) is 20.8 Å². The average molecular weight is 300 g/mol. The number of nitrogens with zero attached hydrogens (tertiary/aromatic N) is 2. The summed E-state index contributed by atoms with van der Waals surface area (Å²) < 4.78 is 3.24. The van der Waals surface area contributed by atoms with Gasteiger partial charge in [0.15, 0.2) is 0 Å². The quantitative estimate of drug-likeness (QED) is 0.856. The third-order valence-corrected chi connectivity index (χ3v) is 4.18. The monoisotopic (exact) mass is 300 g/mol. The maximum absolute atomic E-state index is 12.6. The first-order chi connectivity index (χ1) is 10.0. The number of aryl methyl sites for hydroxylation is 1. The second-order valence-electron chi connectivity index (χ2n) is 7.30. The zero-order valence-electron chi connectivity index (χ0n) is 14.2. The molecule has 0 aliphatic heterocycles. The molecule has 0 amide bonds. The van der Waals surface area contributed by atoms with E-state index < -0.39 is 5.54 Å². The van der Waals surface area contributed by atoms with E-state index in [1.54, 1.807) is 29.9 Å². The molecule has 0 spiro atoms. The van der Waals surface area contributed by atoms with Crippen molar-refractivity contribution in [2.75, 3.05) is 0 Å². The van der Waals surface area contributed by atoms with Gasteiger partial charge in [-0.15, -0.1) is 0 Å². The smallest absolute Gasteiger partial charge is 0.251 e. The van der Waals surface area contributed by atoms with Gasteiger partial charge in [0.1, 0.15) is 0 Å². The van der Waals surface area contributed by atoms with Gasteiger partial charge < -0.3 is 9.13 Å². The van der Waals surface area contributed by atoms with E-state index >= 15 is 0 Å². The Hall–Kier alpha value is -2.10. The van der Waals surface area contributed by atoms with Crippen molar-refractivity contribution in [2.45, 2.75) is 45.6 Å².